The van der Waals surface area contributed by atoms with Crippen LogP contribution in [0.3, 0.4) is 0 Å². The summed E-state index contributed by atoms with van der Waals surface area (Å²) in [6, 6.07) is 3.82. The molecule has 80 valence electrons. The molecule has 0 spiro atoms. The SMILES string of the molecule is CC(=O)C1(c2cccs2)CCCCC1=O. The molecule has 3 heteroatoms. The van der Waals surface area contributed by atoms with Gasteiger partial charge >= 0.3 is 0 Å². The first-order valence-corrected chi connectivity index (χ1v) is 6.14. The zero-order valence-corrected chi connectivity index (χ0v) is 9.60. The third kappa shape index (κ3) is 1.55. The van der Waals surface area contributed by atoms with E-state index in [1.54, 1.807) is 6.92 Å². The normalized spacial score (nSPS) is 26.6. The first kappa shape index (κ1) is 10.6. The molecular weight excluding hydrogens is 208 g/mol. The molecule has 1 unspecified atom stereocenters. The zero-order chi connectivity index (χ0) is 10.9. The molecule has 0 radical (unpaired) electrons. The van der Waals surface area contributed by atoms with E-state index in [9.17, 15) is 9.59 Å². The molecule has 1 saturated carbocycles. The van der Waals surface area contributed by atoms with Gasteiger partial charge in [0.05, 0.1) is 0 Å². The van der Waals surface area contributed by atoms with Crippen LogP contribution in [-0.4, -0.2) is 11.6 Å². The molecule has 0 saturated heterocycles. The highest BCUT2D eigenvalue weighted by molar-refractivity contribution is 7.10. The Bertz CT molecular complexity index is 380. The van der Waals surface area contributed by atoms with Crippen molar-refractivity contribution in [3.63, 3.8) is 0 Å². The van der Waals surface area contributed by atoms with Gasteiger partial charge in [0.15, 0.2) is 5.78 Å². The largest absolute Gasteiger partial charge is 0.298 e. The standard InChI is InChI=1S/C12H14O2S/c1-9(13)12(11-6-4-8-15-11)7-3-2-5-10(12)14/h4,6,8H,2-3,5,7H2,1H3. The average Bonchev–Trinajstić information content (AvgIpc) is 2.71. The molecule has 0 aromatic carbocycles. The maximum Gasteiger partial charge on any atom is 0.151 e. The van der Waals surface area contributed by atoms with Crippen LogP contribution in [0.25, 0.3) is 0 Å². The van der Waals surface area contributed by atoms with Gasteiger partial charge in [-0.05, 0) is 31.2 Å². The molecule has 0 amide bonds. The van der Waals surface area contributed by atoms with Gasteiger partial charge in [0, 0.05) is 11.3 Å². The van der Waals surface area contributed by atoms with E-state index >= 15 is 0 Å². The summed E-state index contributed by atoms with van der Waals surface area (Å²) < 4.78 is 0. The summed E-state index contributed by atoms with van der Waals surface area (Å²) in [6.45, 7) is 1.54. The number of hydrogen-bond acceptors (Lipinski definition) is 3. The molecule has 1 atom stereocenters. The molecule has 0 bridgehead atoms. The van der Waals surface area contributed by atoms with Gasteiger partial charge in [-0.1, -0.05) is 12.5 Å². The first-order chi connectivity index (χ1) is 7.18. The fourth-order valence-electron chi connectivity index (χ4n) is 2.36. The topological polar surface area (TPSA) is 34.1 Å². The number of ketones is 2. The summed E-state index contributed by atoms with van der Waals surface area (Å²) in [5.74, 6) is 0.123. The molecule has 0 aliphatic heterocycles. The zero-order valence-electron chi connectivity index (χ0n) is 8.79. The van der Waals surface area contributed by atoms with E-state index in [-0.39, 0.29) is 11.6 Å². The number of carbonyl (C=O) groups excluding carboxylic acids is 2. The molecule has 1 aromatic rings. The van der Waals surface area contributed by atoms with Gasteiger partial charge < -0.3 is 0 Å². The Morgan fingerprint density at radius 3 is 2.80 bits per heavy atom. The van der Waals surface area contributed by atoms with Gasteiger partial charge in [-0.3, -0.25) is 9.59 Å². The minimum atomic E-state index is -0.799. The number of thiophene rings is 1. The fourth-order valence-corrected chi connectivity index (χ4v) is 3.38. The van der Waals surface area contributed by atoms with Crippen LogP contribution < -0.4 is 0 Å². The van der Waals surface area contributed by atoms with Crippen LogP contribution in [0, 0.1) is 0 Å². The molecule has 2 nitrogen and oxygen atoms in total. The second kappa shape index (κ2) is 3.89. The second-order valence-electron chi connectivity index (χ2n) is 4.07. The van der Waals surface area contributed by atoms with Crippen LogP contribution in [0.4, 0.5) is 0 Å². The maximum atomic E-state index is 12.0. The third-order valence-electron chi connectivity index (χ3n) is 3.22. The Balaban J connectivity index is 2.48. The molecule has 2 rings (SSSR count). The molecule has 1 aliphatic carbocycles. The van der Waals surface area contributed by atoms with Gasteiger partial charge in [-0.25, -0.2) is 0 Å². The van der Waals surface area contributed by atoms with Crippen LogP contribution >= 0.6 is 11.3 Å². The van der Waals surface area contributed by atoms with E-state index in [4.69, 9.17) is 0 Å². The predicted octanol–water partition coefficient (Wildman–Crippen LogP) is 2.72. The lowest BCUT2D eigenvalue weighted by Gasteiger charge is -2.32. The highest BCUT2D eigenvalue weighted by Crippen LogP contribution is 2.39. The van der Waals surface area contributed by atoms with Crippen LogP contribution in [0.2, 0.25) is 0 Å². The third-order valence-corrected chi connectivity index (χ3v) is 4.26. The maximum absolute atomic E-state index is 12.0. The minimum absolute atomic E-state index is 0.00894. The summed E-state index contributed by atoms with van der Waals surface area (Å²) in [6.07, 6.45) is 3.15. The molecule has 0 N–H and O–H groups in total. The highest BCUT2D eigenvalue weighted by Gasteiger charge is 2.46. The first-order valence-electron chi connectivity index (χ1n) is 5.26. The minimum Gasteiger partial charge on any atom is -0.298 e. The Morgan fingerprint density at radius 2 is 2.27 bits per heavy atom. The van der Waals surface area contributed by atoms with E-state index in [1.165, 1.54) is 11.3 Å². The molecule has 15 heavy (non-hydrogen) atoms. The van der Waals surface area contributed by atoms with Crippen molar-refractivity contribution in [2.75, 3.05) is 0 Å². The van der Waals surface area contributed by atoms with Gasteiger partial charge in [0.25, 0.3) is 0 Å². The van der Waals surface area contributed by atoms with Gasteiger partial charge in [-0.15, -0.1) is 11.3 Å². The second-order valence-corrected chi connectivity index (χ2v) is 5.02. The van der Waals surface area contributed by atoms with E-state index in [0.29, 0.717) is 12.8 Å². The summed E-state index contributed by atoms with van der Waals surface area (Å²) >= 11 is 1.52. The highest BCUT2D eigenvalue weighted by atomic mass is 32.1. The van der Waals surface area contributed by atoms with Crippen LogP contribution in [-0.2, 0) is 15.0 Å². The molecule has 1 heterocycles. The Labute approximate surface area is 93.3 Å². The van der Waals surface area contributed by atoms with E-state index < -0.39 is 5.41 Å². The van der Waals surface area contributed by atoms with Crippen molar-refractivity contribution in [2.45, 2.75) is 38.0 Å². The van der Waals surface area contributed by atoms with Crippen molar-refractivity contribution in [3.8, 4) is 0 Å². The van der Waals surface area contributed by atoms with Crippen LogP contribution in [0.5, 0.6) is 0 Å². The molecular formula is C12H14O2S. The van der Waals surface area contributed by atoms with Gasteiger partial charge in [-0.2, -0.15) is 0 Å². The number of rotatable bonds is 2. The molecule has 1 aromatic heterocycles. The summed E-state index contributed by atoms with van der Waals surface area (Å²) in [4.78, 5) is 24.8. The van der Waals surface area contributed by atoms with Crippen molar-refractivity contribution in [2.24, 2.45) is 0 Å². The lowest BCUT2D eigenvalue weighted by Crippen LogP contribution is -2.44. The van der Waals surface area contributed by atoms with Crippen molar-refractivity contribution >= 4 is 22.9 Å². The van der Waals surface area contributed by atoms with Crippen LogP contribution in [0.1, 0.15) is 37.5 Å². The number of Topliss-reactive ketones (excluding diaryl/α,β-unsaturated/α-hetero) is 2. The summed E-state index contributed by atoms with van der Waals surface area (Å²) in [5, 5.41) is 1.93. The lowest BCUT2D eigenvalue weighted by atomic mass is 9.69. The number of hydrogen-bond donors (Lipinski definition) is 0. The van der Waals surface area contributed by atoms with Crippen molar-refractivity contribution in [3.05, 3.63) is 22.4 Å². The molecule has 1 aliphatic rings. The Kier molecular flexibility index (Phi) is 2.74. The lowest BCUT2D eigenvalue weighted by molar-refractivity contribution is -0.135. The van der Waals surface area contributed by atoms with Crippen molar-refractivity contribution in [1.82, 2.24) is 0 Å². The van der Waals surface area contributed by atoms with Crippen molar-refractivity contribution in [1.29, 1.82) is 0 Å². The smallest absolute Gasteiger partial charge is 0.151 e. The number of carbonyl (C=O) groups is 2. The monoisotopic (exact) mass is 222 g/mol. The van der Waals surface area contributed by atoms with E-state index in [1.807, 2.05) is 17.5 Å². The van der Waals surface area contributed by atoms with E-state index in [0.717, 1.165) is 17.7 Å². The van der Waals surface area contributed by atoms with Crippen molar-refractivity contribution < 1.29 is 9.59 Å². The van der Waals surface area contributed by atoms with E-state index in [2.05, 4.69) is 0 Å². The van der Waals surface area contributed by atoms with Crippen LogP contribution in [0.15, 0.2) is 17.5 Å². The Hall–Kier alpha value is -0.960. The fraction of sp³-hybridized carbons (Fsp3) is 0.500. The average molecular weight is 222 g/mol. The van der Waals surface area contributed by atoms with Gasteiger partial charge in [0.2, 0.25) is 0 Å². The summed E-state index contributed by atoms with van der Waals surface area (Å²) in [7, 11) is 0. The molecule has 1 fully saturated rings. The predicted molar refractivity (Wildman–Crippen MR) is 60.2 cm³/mol. The quantitative estimate of drug-likeness (QED) is 0.721. The Morgan fingerprint density at radius 1 is 1.47 bits per heavy atom. The summed E-state index contributed by atoms with van der Waals surface area (Å²) in [5.41, 5.74) is -0.799. The van der Waals surface area contributed by atoms with Gasteiger partial charge in [0.1, 0.15) is 11.2 Å².